The van der Waals surface area contributed by atoms with E-state index in [9.17, 15) is 0 Å². The maximum atomic E-state index is 5.87. The second-order valence-corrected chi connectivity index (χ2v) is 6.63. The topological polar surface area (TPSA) is 43.8 Å². The third-order valence-electron chi connectivity index (χ3n) is 4.15. The molecule has 0 atom stereocenters. The molecule has 3 rings (SSSR count). The summed E-state index contributed by atoms with van der Waals surface area (Å²) in [6.07, 6.45) is 2.31. The Morgan fingerprint density at radius 3 is 2.50 bits per heavy atom. The van der Waals surface area contributed by atoms with Crippen LogP contribution in [0, 0.1) is 0 Å². The van der Waals surface area contributed by atoms with Gasteiger partial charge in [0, 0.05) is 24.3 Å². The average molecular weight is 269 g/mol. The van der Waals surface area contributed by atoms with Gasteiger partial charge in [0.25, 0.3) is 0 Å². The lowest BCUT2D eigenvalue weighted by atomic mass is 9.86. The summed E-state index contributed by atoms with van der Waals surface area (Å²) in [7, 11) is 0. The molecule has 20 heavy (non-hydrogen) atoms. The van der Waals surface area contributed by atoms with Gasteiger partial charge in [0.05, 0.1) is 5.69 Å². The number of aromatic nitrogens is 2. The Kier molecular flexibility index (Phi) is 3.17. The summed E-state index contributed by atoms with van der Waals surface area (Å²) >= 11 is 0. The van der Waals surface area contributed by atoms with Crippen molar-refractivity contribution in [3.63, 3.8) is 0 Å². The van der Waals surface area contributed by atoms with Gasteiger partial charge in [0.1, 0.15) is 0 Å². The van der Waals surface area contributed by atoms with E-state index in [1.165, 1.54) is 28.8 Å². The van der Waals surface area contributed by atoms with E-state index < -0.39 is 0 Å². The van der Waals surface area contributed by atoms with Crippen LogP contribution >= 0.6 is 0 Å². The molecule has 1 aliphatic rings. The molecule has 0 amide bonds. The van der Waals surface area contributed by atoms with Crippen LogP contribution in [-0.2, 0) is 24.9 Å². The quantitative estimate of drug-likeness (QED) is 0.909. The van der Waals surface area contributed by atoms with Crippen LogP contribution in [0.4, 0.5) is 0 Å². The first-order chi connectivity index (χ1) is 9.50. The van der Waals surface area contributed by atoms with Gasteiger partial charge in [-0.3, -0.25) is 4.68 Å². The molecule has 0 spiro atoms. The summed E-state index contributed by atoms with van der Waals surface area (Å²) < 4.78 is 2.13. The average Bonchev–Trinajstić information content (AvgIpc) is 2.97. The number of hydrogen-bond acceptors (Lipinski definition) is 2. The first-order valence-electron chi connectivity index (χ1n) is 7.40. The number of aryl methyl sites for hydroxylation is 1. The molecule has 0 saturated heterocycles. The van der Waals surface area contributed by atoms with Crippen LogP contribution in [0.2, 0.25) is 0 Å². The maximum absolute atomic E-state index is 5.87. The molecule has 2 aromatic rings. The molecular formula is C17H23N3. The maximum Gasteiger partial charge on any atom is 0.0841 e. The van der Waals surface area contributed by atoms with Gasteiger partial charge >= 0.3 is 0 Å². The van der Waals surface area contributed by atoms with Crippen molar-refractivity contribution in [3.8, 4) is 11.1 Å². The van der Waals surface area contributed by atoms with E-state index in [-0.39, 0.29) is 5.41 Å². The number of benzene rings is 1. The third kappa shape index (κ3) is 2.16. The molecule has 3 nitrogen and oxygen atoms in total. The Morgan fingerprint density at radius 1 is 1.20 bits per heavy atom. The second-order valence-electron chi connectivity index (χ2n) is 6.63. The summed E-state index contributed by atoms with van der Waals surface area (Å²) in [5.74, 6) is 0. The van der Waals surface area contributed by atoms with E-state index in [1.54, 1.807) is 0 Å². The summed E-state index contributed by atoms with van der Waals surface area (Å²) in [5, 5.41) is 4.65. The van der Waals surface area contributed by atoms with Gasteiger partial charge in [-0.2, -0.15) is 5.10 Å². The lowest BCUT2D eigenvalue weighted by Crippen LogP contribution is -2.10. The zero-order valence-electron chi connectivity index (χ0n) is 12.6. The lowest BCUT2D eigenvalue weighted by Gasteiger charge is -2.19. The number of nitrogens with zero attached hydrogens (tertiary/aromatic N) is 2. The van der Waals surface area contributed by atoms with Gasteiger partial charge in [-0.25, -0.2) is 0 Å². The van der Waals surface area contributed by atoms with Crippen LogP contribution in [-0.4, -0.2) is 9.78 Å². The highest BCUT2D eigenvalue weighted by Crippen LogP contribution is 2.33. The van der Waals surface area contributed by atoms with Crippen molar-refractivity contribution in [3.05, 3.63) is 41.2 Å². The zero-order valence-corrected chi connectivity index (χ0v) is 12.6. The first-order valence-corrected chi connectivity index (χ1v) is 7.40. The van der Waals surface area contributed by atoms with E-state index in [0.29, 0.717) is 6.54 Å². The summed E-state index contributed by atoms with van der Waals surface area (Å²) in [6, 6.07) is 8.90. The fraction of sp³-hybridized carbons (Fsp3) is 0.471. The SMILES string of the molecule is CC(C)(C)c1ccc(-c2c(CN)nn3c2CCC3)cc1. The molecule has 0 bridgehead atoms. The molecule has 0 aliphatic carbocycles. The summed E-state index contributed by atoms with van der Waals surface area (Å²) in [4.78, 5) is 0. The molecule has 1 aromatic carbocycles. The number of nitrogens with two attached hydrogens (primary N) is 1. The molecule has 0 radical (unpaired) electrons. The predicted octanol–water partition coefficient (Wildman–Crippen LogP) is 3.25. The lowest BCUT2D eigenvalue weighted by molar-refractivity contribution is 0.590. The van der Waals surface area contributed by atoms with Crippen molar-refractivity contribution < 1.29 is 0 Å². The Bertz CT molecular complexity index is 615. The van der Waals surface area contributed by atoms with Crippen molar-refractivity contribution in [1.29, 1.82) is 0 Å². The molecule has 0 saturated carbocycles. The van der Waals surface area contributed by atoms with Crippen LogP contribution in [0.15, 0.2) is 24.3 Å². The van der Waals surface area contributed by atoms with Crippen LogP contribution < -0.4 is 5.73 Å². The third-order valence-corrected chi connectivity index (χ3v) is 4.15. The van der Waals surface area contributed by atoms with E-state index in [0.717, 1.165) is 18.7 Å². The molecule has 2 heterocycles. The van der Waals surface area contributed by atoms with Gasteiger partial charge < -0.3 is 5.73 Å². The van der Waals surface area contributed by atoms with Gasteiger partial charge in [-0.15, -0.1) is 0 Å². The zero-order chi connectivity index (χ0) is 14.3. The van der Waals surface area contributed by atoms with Crippen LogP contribution in [0.3, 0.4) is 0 Å². The van der Waals surface area contributed by atoms with Crippen LogP contribution in [0.25, 0.3) is 11.1 Å². The van der Waals surface area contributed by atoms with Gasteiger partial charge in [0.2, 0.25) is 0 Å². The van der Waals surface area contributed by atoms with Crippen molar-refractivity contribution in [2.45, 2.75) is 52.1 Å². The Labute approximate surface area is 120 Å². The van der Waals surface area contributed by atoms with Crippen LogP contribution in [0.1, 0.15) is 44.1 Å². The normalized spacial score (nSPS) is 14.6. The molecule has 0 fully saturated rings. The highest BCUT2D eigenvalue weighted by Gasteiger charge is 2.22. The van der Waals surface area contributed by atoms with Crippen molar-refractivity contribution in [2.24, 2.45) is 5.73 Å². The minimum absolute atomic E-state index is 0.191. The standard InChI is InChI=1S/C17H23N3/c1-17(2,3)13-8-6-12(7-9-13)16-14(11-18)19-20-10-4-5-15(16)20/h6-9H,4-5,10-11,18H2,1-3H3. The van der Waals surface area contributed by atoms with E-state index >= 15 is 0 Å². The Balaban J connectivity index is 2.05. The second kappa shape index (κ2) is 4.74. The Morgan fingerprint density at radius 2 is 1.90 bits per heavy atom. The molecule has 106 valence electrons. The van der Waals surface area contributed by atoms with Gasteiger partial charge in [-0.05, 0) is 29.4 Å². The van der Waals surface area contributed by atoms with E-state index in [4.69, 9.17) is 5.73 Å². The smallest absolute Gasteiger partial charge is 0.0841 e. The Hall–Kier alpha value is -1.61. The highest BCUT2D eigenvalue weighted by molar-refractivity contribution is 5.69. The van der Waals surface area contributed by atoms with Crippen molar-refractivity contribution >= 4 is 0 Å². The minimum Gasteiger partial charge on any atom is -0.325 e. The monoisotopic (exact) mass is 269 g/mol. The number of fused-ring (bicyclic) bond motifs is 1. The fourth-order valence-electron chi connectivity index (χ4n) is 3.00. The molecule has 2 N–H and O–H groups in total. The molecule has 1 aromatic heterocycles. The molecule has 3 heteroatoms. The molecule has 1 aliphatic heterocycles. The van der Waals surface area contributed by atoms with E-state index in [1.807, 2.05) is 0 Å². The van der Waals surface area contributed by atoms with Crippen molar-refractivity contribution in [1.82, 2.24) is 9.78 Å². The molecular weight excluding hydrogens is 246 g/mol. The van der Waals surface area contributed by atoms with Crippen LogP contribution in [0.5, 0.6) is 0 Å². The number of rotatable bonds is 2. The van der Waals surface area contributed by atoms with E-state index in [2.05, 4.69) is 54.8 Å². The largest absolute Gasteiger partial charge is 0.325 e. The van der Waals surface area contributed by atoms with Gasteiger partial charge in [-0.1, -0.05) is 45.0 Å². The first kappa shape index (κ1) is 13.4. The summed E-state index contributed by atoms with van der Waals surface area (Å²) in [6.45, 7) is 8.26. The van der Waals surface area contributed by atoms with Gasteiger partial charge in [0.15, 0.2) is 0 Å². The number of hydrogen-bond donors (Lipinski definition) is 1. The molecule has 0 unspecified atom stereocenters. The fourth-order valence-corrected chi connectivity index (χ4v) is 3.00. The van der Waals surface area contributed by atoms with Crippen molar-refractivity contribution in [2.75, 3.05) is 0 Å². The minimum atomic E-state index is 0.191. The highest BCUT2D eigenvalue weighted by atomic mass is 15.3. The predicted molar refractivity (Wildman–Crippen MR) is 82.6 cm³/mol. The summed E-state index contributed by atoms with van der Waals surface area (Å²) in [5.41, 5.74) is 12.3.